The summed E-state index contributed by atoms with van der Waals surface area (Å²) in [6.45, 7) is 0.220. The predicted octanol–water partition coefficient (Wildman–Crippen LogP) is 3.78. The van der Waals surface area contributed by atoms with Crippen molar-refractivity contribution in [1.29, 1.82) is 0 Å². The van der Waals surface area contributed by atoms with Crippen LogP contribution in [0.2, 0.25) is 0 Å². The number of nitrogens with zero attached hydrogens (tertiary/aromatic N) is 2. The molecule has 0 atom stereocenters. The lowest BCUT2D eigenvalue weighted by molar-refractivity contribution is -0.135. The fraction of sp³-hybridized carbons (Fsp3) is 0.100. The first kappa shape index (κ1) is 21.7. The minimum Gasteiger partial charge on any atom is -0.489 e. The summed E-state index contributed by atoms with van der Waals surface area (Å²) >= 11 is 4.36. The summed E-state index contributed by atoms with van der Waals surface area (Å²) in [4.78, 5) is 23.1. The van der Waals surface area contributed by atoms with Gasteiger partial charge in [-0.05, 0) is 59.8 Å². The number of carbonyl (C=O) groups is 2. The maximum Gasteiger partial charge on any atom is 0.331 e. The molecule has 2 aromatic carbocycles. The molecule has 1 N–H and O–H groups in total. The van der Waals surface area contributed by atoms with Crippen molar-refractivity contribution < 1.29 is 23.5 Å². The van der Waals surface area contributed by atoms with E-state index >= 15 is 0 Å². The molecule has 1 heterocycles. The summed E-state index contributed by atoms with van der Waals surface area (Å²) < 4.78 is 24.3. The molecule has 0 aliphatic carbocycles. The Balaban J connectivity index is 1.56. The monoisotopic (exact) mass is 491 g/mol. The van der Waals surface area contributed by atoms with Crippen LogP contribution in [0.15, 0.2) is 68.1 Å². The number of amides is 1. The molecular weight excluding hydrogens is 477 g/mol. The van der Waals surface area contributed by atoms with Gasteiger partial charge in [0.15, 0.2) is 5.17 Å². The number of ether oxygens (including phenoxy) is 2. The Kier molecular flexibility index (Phi) is 7.36. The average Bonchev–Trinajstić information content (AvgIpc) is 3.08. The highest BCUT2D eigenvalue weighted by atomic mass is 79.9. The van der Waals surface area contributed by atoms with Gasteiger partial charge in [0.05, 0.1) is 18.2 Å². The van der Waals surface area contributed by atoms with Crippen LogP contribution in [0.1, 0.15) is 11.1 Å². The lowest BCUT2D eigenvalue weighted by atomic mass is 10.2. The zero-order valence-corrected chi connectivity index (χ0v) is 18.0. The van der Waals surface area contributed by atoms with Crippen LogP contribution in [-0.2, 0) is 20.9 Å². The van der Waals surface area contributed by atoms with Gasteiger partial charge in [-0.2, -0.15) is 5.10 Å². The number of rotatable bonds is 6. The van der Waals surface area contributed by atoms with E-state index in [1.165, 1.54) is 25.5 Å². The lowest BCUT2D eigenvalue weighted by Crippen LogP contribution is -2.19. The van der Waals surface area contributed by atoms with E-state index in [2.05, 4.69) is 36.2 Å². The number of nitrogens with one attached hydrogen (secondary N) is 1. The normalized spacial score (nSPS) is 16.3. The number of esters is 1. The van der Waals surface area contributed by atoms with E-state index in [9.17, 15) is 14.0 Å². The number of methoxy groups -OCH3 is 1. The smallest absolute Gasteiger partial charge is 0.331 e. The topological polar surface area (TPSA) is 89.3 Å². The summed E-state index contributed by atoms with van der Waals surface area (Å²) in [7, 11) is 1.23. The van der Waals surface area contributed by atoms with E-state index in [4.69, 9.17) is 4.74 Å². The van der Waals surface area contributed by atoms with Crippen LogP contribution < -0.4 is 10.1 Å². The van der Waals surface area contributed by atoms with Gasteiger partial charge in [0.1, 0.15) is 18.2 Å². The van der Waals surface area contributed by atoms with Crippen molar-refractivity contribution in [3.05, 3.63) is 74.9 Å². The van der Waals surface area contributed by atoms with Crippen LogP contribution in [0.5, 0.6) is 5.75 Å². The van der Waals surface area contributed by atoms with Crippen LogP contribution in [0.25, 0.3) is 0 Å². The van der Waals surface area contributed by atoms with Crippen LogP contribution in [0, 0.1) is 5.82 Å². The molecule has 0 unspecified atom stereocenters. The van der Waals surface area contributed by atoms with E-state index < -0.39 is 11.9 Å². The molecule has 2 aromatic rings. The van der Waals surface area contributed by atoms with Gasteiger partial charge in [0.25, 0.3) is 5.91 Å². The second kappa shape index (κ2) is 10.2. The van der Waals surface area contributed by atoms with Gasteiger partial charge in [0.2, 0.25) is 0 Å². The number of hydrogen-bond acceptors (Lipinski definition) is 7. The molecule has 0 spiro atoms. The molecule has 3 rings (SSSR count). The third-order valence-corrected chi connectivity index (χ3v) is 5.41. The molecule has 1 fully saturated rings. The van der Waals surface area contributed by atoms with Crippen molar-refractivity contribution in [3.8, 4) is 5.75 Å². The minimum absolute atomic E-state index is 0.183. The summed E-state index contributed by atoms with van der Waals surface area (Å²) in [6.07, 6.45) is 2.60. The largest absolute Gasteiger partial charge is 0.489 e. The third kappa shape index (κ3) is 6.01. The Morgan fingerprint density at radius 1 is 1.27 bits per heavy atom. The van der Waals surface area contributed by atoms with E-state index in [0.717, 1.165) is 27.9 Å². The fourth-order valence-corrected chi connectivity index (χ4v) is 3.35. The van der Waals surface area contributed by atoms with Crippen LogP contribution in [0.4, 0.5) is 4.39 Å². The van der Waals surface area contributed by atoms with Crippen molar-refractivity contribution in [2.45, 2.75) is 6.61 Å². The molecule has 7 nitrogen and oxygen atoms in total. The predicted molar refractivity (Wildman–Crippen MR) is 116 cm³/mol. The molecule has 1 amide bonds. The second-order valence-electron chi connectivity index (χ2n) is 5.83. The molecule has 0 bridgehead atoms. The van der Waals surface area contributed by atoms with Gasteiger partial charge in [-0.25, -0.2) is 9.18 Å². The fourth-order valence-electron chi connectivity index (χ4n) is 2.25. The summed E-state index contributed by atoms with van der Waals surface area (Å²) in [5.41, 5.74) is 1.46. The lowest BCUT2D eigenvalue weighted by Gasteiger charge is -2.08. The van der Waals surface area contributed by atoms with Gasteiger partial charge >= 0.3 is 5.97 Å². The number of hydrogen-bond donors (Lipinski definition) is 1. The first-order valence-electron chi connectivity index (χ1n) is 8.51. The van der Waals surface area contributed by atoms with Gasteiger partial charge < -0.3 is 9.47 Å². The number of amidine groups is 1. The second-order valence-corrected chi connectivity index (χ2v) is 7.72. The Morgan fingerprint density at radius 2 is 2.03 bits per heavy atom. The Morgan fingerprint density at radius 3 is 2.77 bits per heavy atom. The SMILES string of the molecule is COC(=O)/C=C1/S/C(=N\N=Cc2ccc(OCc3cc(F)ccc3Br)cc2)NC1=O. The van der Waals surface area contributed by atoms with Gasteiger partial charge in [-0.1, -0.05) is 15.9 Å². The van der Waals surface area contributed by atoms with Gasteiger partial charge in [-0.15, -0.1) is 5.10 Å². The minimum atomic E-state index is -0.621. The molecule has 0 aromatic heterocycles. The number of benzene rings is 2. The average molecular weight is 492 g/mol. The van der Waals surface area contributed by atoms with Crippen molar-refractivity contribution in [3.63, 3.8) is 0 Å². The molecule has 0 radical (unpaired) electrons. The number of thioether (sulfide) groups is 1. The molecular formula is C20H15BrFN3O4S. The molecule has 1 aliphatic rings. The molecule has 1 saturated heterocycles. The van der Waals surface area contributed by atoms with Crippen LogP contribution >= 0.6 is 27.7 Å². The van der Waals surface area contributed by atoms with Crippen molar-refractivity contribution in [2.75, 3.05) is 7.11 Å². The molecule has 0 saturated carbocycles. The van der Waals surface area contributed by atoms with Crippen LogP contribution in [-0.4, -0.2) is 30.4 Å². The Hall–Kier alpha value is -2.98. The van der Waals surface area contributed by atoms with E-state index in [1.807, 2.05) is 0 Å². The zero-order valence-electron chi connectivity index (χ0n) is 15.6. The van der Waals surface area contributed by atoms with Gasteiger partial charge in [-0.3, -0.25) is 10.1 Å². The van der Waals surface area contributed by atoms with E-state index in [1.54, 1.807) is 30.3 Å². The number of carbonyl (C=O) groups excluding carboxylic acids is 2. The van der Waals surface area contributed by atoms with Crippen molar-refractivity contribution >= 4 is 51.0 Å². The standard InChI is InChI=1S/C20H15BrFN3O4S/c1-28-18(26)9-17-19(27)24-20(30-17)25-23-10-12-2-5-15(6-3-12)29-11-13-8-14(22)4-7-16(13)21/h2-10H,11H2,1H3,(H,24,25,27)/b17-9+,23-10?. The highest BCUT2D eigenvalue weighted by Crippen LogP contribution is 2.23. The van der Waals surface area contributed by atoms with E-state index in [-0.39, 0.29) is 22.5 Å². The zero-order chi connectivity index (χ0) is 21.5. The molecule has 1 aliphatic heterocycles. The number of halogens is 2. The summed E-state index contributed by atoms with van der Waals surface area (Å²) in [6, 6.07) is 11.5. The highest BCUT2D eigenvalue weighted by Gasteiger charge is 2.24. The van der Waals surface area contributed by atoms with Crippen molar-refractivity contribution in [1.82, 2.24) is 5.32 Å². The quantitative estimate of drug-likeness (QED) is 0.287. The molecule has 154 valence electrons. The Labute approximate surface area is 184 Å². The highest BCUT2D eigenvalue weighted by molar-refractivity contribution is 9.10. The maximum absolute atomic E-state index is 13.3. The summed E-state index contributed by atoms with van der Waals surface area (Å²) in [5.74, 6) is -0.768. The third-order valence-electron chi connectivity index (χ3n) is 3.74. The summed E-state index contributed by atoms with van der Waals surface area (Å²) in [5, 5.41) is 10.6. The van der Waals surface area contributed by atoms with E-state index in [0.29, 0.717) is 11.3 Å². The van der Waals surface area contributed by atoms with Gasteiger partial charge in [0, 0.05) is 16.1 Å². The molecule has 30 heavy (non-hydrogen) atoms. The van der Waals surface area contributed by atoms with Crippen LogP contribution in [0.3, 0.4) is 0 Å². The molecule has 10 heteroatoms. The first-order valence-corrected chi connectivity index (χ1v) is 10.1. The van der Waals surface area contributed by atoms with Crippen molar-refractivity contribution in [2.24, 2.45) is 10.2 Å². The first-order chi connectivity index (χ1) is 14.4. The Bertz CT molecular complexity index is 1050. The maximum atomic E-state index is 13.3.